The third kappa shape index (κ3) is 4.04. The predicted octanol–water partition coefficient (Wildman–Crippen LogP) is 3.23. The number of carbonyl (C=O) groups excluding carboxylic acids is 1. The van der Waals surface area contributed by atoms with Crippen LogP contribution in [0.3, 0.4) is 0 Å². The molecule has 1 unspecified atom stereocenters. The zero-order valence-electron chi connectivity index (χ0n) is 10.4. The van der Waals surface area contributed by atoms with Crippen LogP contribution in [0.5, 0.6) is 5.75 Å². The van der Waals surface area contributed by atoms with E-state index in [4.69, 9.17) is 4.74 Å². The molecule has 17 heavy (non-hydrogen) atoms. The van der Waals surface area contributed by atoms with Gasteiger partial charge in [0.1, 0.15) is 5.75 Å². The molecule has 0 fully saturated rings. The Morgan fingerprint density at radius 2 is 2.24 bits per heavy atom. The lowest BCUT2D eigenvalue weighted by atomic mass is 10.1. The molecule has 1 atom stereocenters. The van der Waals surface area contributed by atoms with Crippen molar-refractivity contribution in [1.29, 1.82) is 0 Å². The summed E-state index contributed by atoms with van der Waals surface area (Å²) >= 11 is 3.37. The van der Waals surface area contributed by atoms with Crippen LogP contribution >= 0.6 is 15.9 Å². The van der Waals surface area contributed by atoms with E-state index in [9.17, 15) is 4.79 Å². The van der Waals surface area contributed by atoms with E-state index in [1.807, 2.05) is 12.1 Å². The molecule has 4 heteroatoms. The van der Waals surface area contributed by atoms with Gasteiger partial charge in [0.05, 0.1) is 12.7 Å². The summed E-state index contributed by atoms with van der Waals surface area (Å²) in [5.41, 5.74) is 0.604. The molecule has 0 saturated carbocycles. The molecule has 1 aromatic carbocycles. The highest BCUT2D eigenvalue weighted by atomic mass is 79.9. The highest BCUT2D eigenvalue weighted by molar-refractivity contribution is 9.10. The number of rotatable bonds is 5. The summed E-state index contributed by atoms with van der Waals surface area (Å²) in [5.74, 6) is 1.10. The lowest BCUT2D eigenvalue weighted by Gasteiger charge is -2.11. The van der Waals surface area contributed by atoms with Crippen LogP contribution in [0.4, 0.5) is 0 Å². The van der Waals surface area contributed by atoms with Crippen molar-refractivity contribution < 1.29 is 9.53 Å². The minimum absolute atomic E-state index is 0.0731. The van der Waals surface area contributed by atoms with Crippen LogP contribution in [-0.4, -0.2) is 19.6 Å². The summed E-state index contributed by atoms with van der Waals surface area (Å²) in [6.07, 6.45) is 1.06. The number of methoxy groups -OCH3 is 1. The first-order chi connectivity index (χ1) is 8.08. The van der Waals surface area contributed by atoms with Crippen molar-refractivity contribution in [3.8, 4) is 5.75 Å². The molecule has 0 aliphatic rings. The van der Waals surface area contributed by atoms with Gasteiger partial charge in [0.2, 0.25) is 0 Å². The zero-order valence-corrected chi connectivity index (χ0v) is 12.0. The Balaban J connectivity index is 2.74. The van der Waals surface area contributed by atoms with E-state index in [-0.39, 0.29) is 5.91 Å². The van der Waals surface area contributed by atoms with Gasteiger partial charge in [-0.15, -0.1) is 0 Å². The summed E-state index contributed by atoms with van der Waals surface area (Å²) in [4.78, 5) is 12.0. The lowest BCUT2D eigenvalue weighted by Crippen LogP contribution is -2.28. The number of halogens is 1. The summed E-state index contributed by atoms with van der Waals surface area (Å²) in [6.45, 7) is 4.91. The molecule has 1 N–H and O–H groups in total. The van der Waals surface area contributed by atoms with Gasteiger partial charge in [-0.2, -0.15) is 0 Å². The first-order valence-corrected chi connectivity index (χ1v) is 6.49. The van der Waals surface area contributed by atoms with Gasteiger partial charge in [0.25, 0.3) is 5.91 Å². The first kappa shape index (κ1) is 14.0. The fourth-order valence-electron chi connectivity index (χ4n) is 1.31. The molecule has 0 aromatic heterocycles. The maximum atomic E-state index is 12.0. The number of benzene rings is 1. The fraction of sp³-hybridized carbons (Fsp3) is 0.462. The Kier molecular flexibility index (Phi) is 5.48. The maximum Gasteiger partial charge on any atom is 0.252 e. The monoisotopic (exact) mass is 299 g/mol. The smallest absolute Gasteiger partial charge is 0.252 e. The molecular weight excluding hydrogens is 282 g/mol. The SMILES string of the molecule is CCC(C)CNC(=O)c1cc(OC)ccc1Br. The van der Waals surface area contributed by atoms with E-state index in [0.717, 1.165) is 10.9 Å². The van der Waals surface area contributed by atoms with Crippen LogP contribution in [-0.2, 0) is 0 Å². The normalized spacial score (nSPS) is 12.0. The zero-order chi connectivity index (χ0) is 12.8. The quantitative estimate of drug-likeness (QED) is 0.906. The standard InChI is InChI=1S/C13H18BrNO2/c1-4-9(2)8-15-13(16)11-7-10(17-3)5-6-12(11)14/h5-7,9H,4,8H2,1-3H3,(H,15,16). The molecule has 0 bridgehead atoms. The van der Waals surface area contributed by atoms with Gasteiger partial charge in [-0.05, 0) is 40.0 Å². The average Bonchev–Trinajstić information content (AvgIpc) is 2.36. The van der Waals surface area contributed by atoms with Gasteiger partial charge in [0.15, 0.2) is 0 Å². The molecule has 3 nitrogen and oxygen atoms in total. The molecule has 1 rings (SSSR count). The lowest BCUT2D eigenvalue weighted by molar-refractivity contribution is 0.0946. The summed E-state index contributed by atoms with van der Waals surface area (Å²) in [6, 6.07) is 5.36. The highest BCUT2D eigenvalue weighted by Crippen LogP contribution is 2.22. The van der Waals surface area contributed by atoms with Gasteiger partial charge in [0, 0.05) is 11.0 Å². The van der Waals surface area contributed by atoms with E-state index < -0.39 is 0 Å². The van der Waals surface area contributed by atoms with E-state index in [2.05, 4.69) is 35.1 Å². The van der Waals surface area contributed by atoms with Crippen molar-refractivity contribution in [1.82, 2.24) is 5.32 Å². The second-order valence-electron chi connectivity index (χ2n) is 4.07. The predicted molar refractivity (Wildman–Crippen MR) is 72.5 cm³/mol. The van der Waals surface area contributed by atoms with Crippen LogP contribution in [0, 0.1) is 5.92 Å². The van der Waals surface area contributed by atoms with Crippen molar-refractivity contribution in [2.24, 2.45) is 5.92 Å². The molecule has 94 valence electrons. The van der Waals surface area contributed by atoms with Crippen molar-refractivity contribution in [2.75, 3.05) is 13.7 Å². The van der Waals surface area contributed by atoms with Gasteiger partial charge in [-0.3, -0.25) is 4.79 Å². The summed E-state index contributed by atoms with van der Waals surface area (Å²) < 4.78 is 5.88. The number of hydrogen-bond acceptors (Lipinski definition) is 2. The fourth-order valence-corrected chi connectivity index (χ4v) is 1.74. The van der Waals surface area contributed by atoms with E-state index >= 15 is 0 Å². The van der Waals surface area contributed by atoms with Crippen LogP contribution in [0.2, 0.25) is 0 Å². The molecule has 0 aliphatic carbocycles. The van der Waals surface area contributed by atoms with Crippen LogP contribution in [0.25, 0.3) is 0 Å². The number of ether oxygens (including phenoxy) is 1. The van der Waals surface area contributed by atoms with Crippen LogP contribution < -0.4 is 10.1 Å². The largest absolute Gasteiger partial charge is 0.497 e. The van der Waals surface area contributed by atoms with Gasteiger partial charge in [-0.1, -0.05) is 20.3 Å². The molecule has 0 heterocycles. The summed E-state index contributed by atoms with van der Waals surface area (Å²) in [5, 5.41) is 2.92. The third-order valence-electron chi connectivity index (χ3n) is 2.73. The maximum absolute atomic E-state index is 12.0. The van der Waals surface area contributed by atoms with Crippen molar-refractivity contribution >= 4 is 21.8 Å². The van der Waals surface area contributed by atoms with E-state index in [0.29, 0.717) is 23.8 Å². The second-order valence-corrected chi connectivity index (χ2v) is 4.92. The Hall–Kier alpha value is -1.03. The Morgan fingerprint density at radius 3 is 2.82 bits per heavy atom. The van der Waals surface area contributed by atoms with Crippen molar-refractivity contribution in [3.05, 3.63) is 28.2 Å². The molecule has 0 radical (unpaired) electrons. The van der Waals surface area contributed by atoms with Gasteiger partial charge >= 0.3 is 0 Å². The number of carbonyl (C=O) groups is 1. The molecule has 0 aliphatic heterocycles. The number of nitrogens with one attached hydrogen (secondary N) is 1. The highest BCUT2D eigenvalue weighted by Gasteiger charge is 2.11. The van der Waals surface area contributed by atoms with Crippen molar-refractivity contribution in [3.63, 3.8) is 0 Å². The molecule has 1 amide bonds. The topological polar surface area (TPSA) is 38.3 Å². The third-order valence-corrected chi connectivity index (χ3v) is 3.42. The summed E-state index contributed by atoms with van der Waals surface area (Å²) in [7, 11) is 1.59. The minimum atomic E-state index is -0.0731. The van der Waals surface area contributed by atoms with Gasteiger partial charge in [-0.25, -0.2) is 0 Å². The van der Waals surface area contributed by atoms with Crippen LogP contribution in [0.1, 0.15) is 30.6 Å². The average molecular weight is 300 g/mol. The van der Waals surface area contributed by atoms with E-state index in [1.165, 1.54) is 0 Å². The Morgan fingerprint density at radius 1 is 1.53 bits per heavy atom. The van der Waals surface area contributed by atoms with Crippen molar-refractivity contribution in [2.45, 2.75) is 20.3 Å². The second kappa shape index (κ2) is 6.64. The molecule has 1 aromatic rings. The van der Waals surface area contributed by atoms with Crippen LogP contribution in [0.15, 0.2) is 22.7 Å². The number of hydrogen-bond donors (Lipinski definition) is 1. The Labute approximate surface area is 111 Å². The minimum Gasteiger partial charge on any atom is -0.497 e. The van der Waals surface area contributed by atoms with Gasteiger partial charge < -0.3 is 10.1 Å². The molecule has 0 spiro atoms. The molecule has 0 saturated heterocycles. The molecular formula is C13H18BrNO2. The Bertz CT molecular complexity index is 393. The number of amides is 1. The van der Waals surface area contributed by atoms with E-state index in [1.54, 1.807) is 13.2 Å². The first-order valence-electron chi connectivity index (χ1n) is 5.70.